The fourth-order valence-electron chi connectivity index (χ4n) is 6.58. The van der Waals surface area contributed by atoms with Crippen LogP contribution in [0.15, 0.2) is 54.7 Å². The van der Waals surface area contributed by atoms with Crippen molar-refractivity contribution in [2.45, 2.75) is 65.3 Å². The fraction of sp³-hybridized carbons (Fsp3) is 0.500. The molecule has 0 radical (unpaired) electrons. The predicted octanol–water partition coefficient (Wildman–Crippen LogP) is 6.66. The Bertz CT molecular complexity index is 1070. The van der Waals surface area contributed by atoms with E-state index < -0.39 is 0 Å². The number of nitrogens with one attached hydrogen (secondary N) is 1. The van der Waals surface area contributed by atoms with Gasteiger partial charge in [0.2, 0.25) is 5.91 Å². The second kappa shape index (κ2) is 8.73. The number of benzene rings is 2. The first-order valence-corrected chi connectivity index (χ1v) is 12.3. The van der Waals surface area contributed by atoms with Gasteiger partial charge in [0, 0.05) is 23.7 Å². The van der Waals surface area contributed by atoms with Gasteiger partial charge in [-0.05, 0) is 79.0 Å². The Kier molecular flexibility index (Phi) is 5.79. The number of fused-ring (bicyclic) bond motifs is 3. The number of nitrogens with zero attached hydrogens (tertiary/aromatic N) is 2. The lowest BCUT2D eigenvalue weighted by atomic mass is 9.58. The van der Waals surface area contributed by atoms with Crippen LogP contribution in [0.2, 0.25) is 0 Å². The zero-order chi connectivity index (χ0) is 22.1. The molecule has 2 aliphatic carbocycles. The van der Waals surface area contributed by atoms with Gasteiger partial charge in [-0.1, -0.05) is 50.6 Å². The van der Waals surface area contributed by atoms with E-state index in [-0.39, 0.29) is 11.3 Å². The molecule has 2 atom stereocenters. The van der Waals surface area contributed by atoms with E-state index in [0.29, 0.717) is 6.42 Å². The lowest BCUT2D eigenvalue weighted by Gasteiger charge is -2.47. The van der Waals surface area contributed by atoms with E-state index in [1.807, 2.05) is 35.0 Å². The summed E-state index contributed by atoms with van der Waals surface area (Å²) >= 11 is 0. The number of anilines is 1. The molecule has 3 aromatic rings. The van der Waals surface area contributed by atoms with Crippen molar-refractivity contribution in [3.8, 4) is 0 Å². The third kappa shape index (κ3) is 4.74. The smallest absolute Gasteiger partial charge is 0.224 e. The van der Waals surface area contributed by atoms with Crippen molar-refractivity contribution in [2.24, 2.45) is 23.2 Å². The first-order valence-electron chi connectivity index (χ1n) is 12.3. The molecule has 2 aromatic carbocycles. The predicted molar refractivity (Wildman–Crippen MR) is 130 cm³/mol. The molecule has 1 aromatic heterocycles. The zero-order valence-electron chi connectivity index (χ0n) is 19.4. The van der Waals surface area contributed by atoms with E-state index in [1.165, 1.54) is 44.1 Å². The van der Waals surface area contributed by atoms with Gasteiger partial charge in [-0.3, -0.25) is 9.48 Å². The summed E-state index contributed by atoms with van der Waals surface area (Å²) in [6.45, 7) is 5.42. The third-order valence-electron chi connectivity index (χ3n) is 7.75. The number of carbonyl (C=O) groups is 1. The summed E-state index contributed by atoms with van der Waals surface area (Å²) in [4.78, 5) is 13.0. The average molecular weight is 430 g/mol. The minimum Gasteiger partial charge on any atom is -0.326 e. The van der Waals surface area contributed by atoms with Crippen molar-refractivity contribution >= 4 is 22.5 Å². The molecule has 2 fully saturated rings. The molecule has 2 aliphatic rings. The lowest BCUT2D eigenvalue weighted by Crippen LogP contribution is -2.38. The Balaban J connectivity index is 1.23. The minimum atomic E-state index is 0.137. The topological polar surface area (TPSA) is 46.9 Å². The van der Waals surface area contributed by atoms with Gasteiger partial charge in [-0.25, -0.2) is 0 Å². The van der Waals surface area contributed by atoms with Gasteiger partial charge in [0.1, 0.15) is 0 Å². The van der Waals surface area contributed by atoms with Gasteiger partial charge in [0.25, 0.3) is 0 Å². The molecule has 0 spiro atoms. The quantitative estimate of drug-likeness (QED) is 0.476. The van der Waals surface area contributed by atoms with Crippen LogP contribution in [0.1, 0.15) is 64.4 Å². The van der Waals surface area contributed by atoms with Gasteiger partial charge in [-0.15, -0.1) is 0 Å². The molecule has 0 aliphatic heterocycles. The summed E-state index contributed by atoms with van der Waals surface area (Å²) in [5.74, 6) is 2.68. The Morgan fingerprint density at radius 3 is 2.56 bits per heavy atom. The first-order chi connectivity index (χ1) is 15.5. The molecule has 5 rings (SSSR count). The van der Waals surface area contributed by atoms with Crippen molar-refractivity contribution < 1.29 is 4.79 Å². The third-order valence-corrected chi connectivity index (χ3v) is 7.75. The molecular formula is C28H35N3O. The first kappa shape index (κ1) is 21.2. The van der Waals surface area contributed by atoms with Crippen LogP contribution in [0.5, 0.6) is 0 Å². The molecule has 1 heterocycles. The Morgan fingerprint density at radius 1 is 1.09 bits per heavy atom. The monoisotopic (exact) mass is 429 g/mol. The van der Waals surface area contributed by atoms with Crippen LogP contribution < -0.4 is 5.32 Å². The summed E-state index contributed by atoms with van der Waals surface area (Å²) in [6, 6.07) is 16.4. The van der Waals surface area contributed by atoms with E-state index in [0.717, 1.165) is 40.9 Å². The Hall–Kier alpha value is -2.62. The number of hydrogen-bond donors (Lipinski definition) is 1. The maximum Gasteiger partial charge on any atom is 0.224 e. The second-order valence-corrected chi connectivity index (χ2v) is 10.7. The highest BCUT2D eigenvalue weighted by atomic mass is 16.1. The molecule has 4 nitrogen and oxygen atoms in total. The number of carbonyl (C=O) groups excluding carboxylic acids is 1. The van der Waals surface area contributed by atoms with Gasteiger partial charge in [0.15, 0.2) is 0 Å². The summed E-state index contributed by atoms with van der Waals surface area (Å²) in [6.07, 6.45) is 10.5. The van der Waals surface area contributed by atoms with Crippen molar-refractivity contribution in [1.29, 1.82) is 0 Å². The highest BCUT2D eigenvalue weighted by Gasteiger charge is 2.42. The fourth-order valence-corrected chi connectivity index (χ4v) is 6.58. The van der Waals surface area contributed by atoms with Crippen molar-refractivity contribution in [2.75, 3.05) is 5.32 Å². The van der Waals surface area contributed by atoms with Crippen molar-refractivity contribution in [3.05, 3.63) is 60.3 Å². The van der Waals surface area contributed by atoms with Crippen LogP contribution in [-0.4, -0.2) is 15.7 Å². The minimum absolute atomic E-state index is 0.137. The zero-order valence-corrected chi connectivity index (χ0v) is 19.4. The summed E-state index contributed by atoms with van der Waals surface area (Å²) in [5, 5.41) is 8.98. The SMILES string of the molecule is CCC1CC2CC(C1)CC(C)(CC(=O)Nc1ccc3cn(Cc4ccccc4)nc3c1)C2. The van der Waals surface area contributed by atoms with Crippen LogP contribution in [0.4, 0.5) is 5.69 Å². The largest absolute Gasteiger partial charge is 0.326 e. The Morgan fingerprint density at radius 2 is 1.84 bits per heavy atom. The molecule has 2 bridgehead atoms. The Labute approximate surface area is 191 Å². The molecule has 168 valence electrons. The van der Waals surface area contributed by atoms with Gasteiger partial charge in [0.05, 0.1) is 12.1 Å². The second-order valence-electron chi connectivity index (χ2n) is 10.7. The van der Waals surface area contributed by atoms with Crippen LogP contribution in [-0.2, 0) is 11.3 Å². The molecule has 4 heteroatoms. The molecule has 2 unspecified atom stereocenters. The summed E-state index contributed by atoms with van der Waals surface area (Å²) in [7, 11) is 0. The van der Waals surface area contributed by atoms with Crippen LogP contribution in [0.25, 0.3) is 10.9 Å². The van der Waals surface area contributed by atoms with E-state index >= 15 is 0 Å². The van der Waals surface area contributed by atoms with E-state index in [9.17, 15) is 4.79 Å². The maximum atomic E-state index is 13.0. The maximum absolute atomic E-state index is 13.0. The molecule has 1 N–H and O–H groups in total. The van der Waals surface area contributed by atoms with E-state index in [1.54, 1.807) is 0 Å². The molecule has 0 saturated heterocycles. The summed E-state index contributed by atoms with van der Waals surface area (Å²) in [5.41, 5.74) is 3.13. The standard InChI is InChI=1S/C28H35N3O/c1-3-20-11-22-13-23(12-20)16-28(2,15-22)17-27(32)29-25-10-9-24-19-31(30-26(24)14-25)18-21-7-5-4-6-8-21/h4-10,14,19-20,22-23H,3,11-13,15-18H2,1-2H3,(H,29,32). The average Bonchev–Trinajstić information content (AvgIpc) is 3.14. The normalized spacial score (nSPS) is 27.4. The molecule has 32 heavy (non-hydrogen) atoms. The van der Waals surface area contributed by atoms with Crippen molar-refractivity contribution in [1.82, 2.24) is 9.78 Å². The number of hydrogen-bond acceptors (Lipinski definition) is 2. The highest BCUT2D eigenvalue weighted by molar-refractivity contribution is 5.93. The molecule has 1 amide bonds. The van der Waals surface area contributed by atoms with Crippen LogP contribution in [0, 0.1) is 23.2 Å². The number of rotatable bonds is 6. The lowest BCUT2D eigenvalue weighted by molar-refractivity contribution is -0.119. The van der Waals surface area contributed by atoms with Gasteiger partial charge < -0.3 is 5.32 Å². The molecule has 2 saturated carbocycles. The highest BCUT2D eigenvalue weighted by Crippen LogP contribution is 2.52. The van der Waals surface area contributed by atoms with Crippen molar-refractivity contribution in [3.63, 3.8) is 0 Å². The molecular weight excluding hydrogens is 394 g/mol. The van der Waals surface area contributed by atoms with E-state index in [2.05, 4.69) is 43.6 Å². The van der Waals surface area contributed by atoms with Gasteiger partial charge in [-0.2, -0.15) is 5.10 Å². The number of amides is 1. The summed E-state index contributed by atoms with van der Waals surface area (Å²) < 4.78 is 1.97. The van der Waals surface area contributed by atoms with Gasteiger partial charge >= 0.3 is 0 Å². The van der Waals surface area contributed by atoms with Crippen LogP contribution >= 0.6 is 0 Å². The number of aromatic nitrogens is 2. The van der Waals surface area contributed by atoms with Crippen LogP contribution in [0.3, 0.4) is 0 Å². The van der Waals surface area contributed by atoms with E-state index in [4.69, 9.17) is 5.10 Å².